The Morgan fingerprint density at radius 1 is 1.56 bits per heavy atom. The van der Waals surface area contributed by atoms with Gasteiger partial charge in [-0.25, -0.2) is 0 Å². The summed E-state index contributed by atoms with van der Waals surface area (Å²) in [6.07, 6.45) is 2.76. The van der Waals surface area contributed by atoms with Gasteiger partial charge in [0.25, 0.3) is 0 Å². The zero-order valence-electron chi connectivity index (χ0n) is 11.3. The lowest BCUT2D eigenvalue weighted by Crippen LogP contribution is -2.38. The van der Waals surface area contributed by atoms with Gasteiger partial charge in [0.1, 0.15) is 0 Å². The molecule has 2 rings (SSSR count). The van der Waals surface area contributed by atoms with Gasteiger partial charge in [-0.3, -0.25) is 4.90 Å². The first-order chi connectivity index (χ1) is 8.66. The fourth-order valence-electron chi connectivity index (χ4n) is 2.77. The van der Waals surface area contributed by atoms with Gasteiger partial charge in [-0.15, -0.1) is 11.3 Å². The molecule has 1 aromatic rings. The Balaban J connectivity index is 1.66. The molecule has 0 saturated carbocycles. The average molecular weight is 331 g/mol. The minimum atomic E-state index is 0.792. The molecule has 1 aromatic heterocycles. The van der Waals surface area contributed by atoms with Crippen molar-refractivity contribution < 1.29 is 0 Å². The van der Waals surface area contributed by atoms with Crippen molar-refractivity contribution in [2.45, 2.75) is 39.3 Å². The van der Waals surface area contributed by atoms with E-state index >= 15 is 0 Å². The molecule has 18 heavy (non-hydrogen) atoms. The largest absolute Gasteiger partial charge is 0.311 e. The molecule has 1 aliphatic heterocycles. The molecule has 2 nitrogen and oxygen atoms in total. The van der Waals surface area contributed by atoms with Crippen LogP contribution in [0.2, 0.25) is 0 Å². The summed E-state index contributed by atoms with van der Waals surface area (Å²) in [6.45, 7) is 9.26. The van der Waals surface area contributed by atoms with Gasteiger partial charge in [0.2, 0.25) is 0 Å². The highest BCUT2D eigenvalue weighted by Crippen LogP contribution is 2.23. The molecular weight excluding hydrogens is 308 g/mol. The smallest absolute Gasteiger partial charge is 0.0300 e. The van der Waals surface area contributed by atoms with Crippen molar-refractivity contribution in [3.63, 3.8) is 0 Å². The molecule has 0 aliphatic carbocycles. The predicted molar refractivity (Wildman–Crippen MR) is 83.2 cm³/mol. The average Bonchev–Trinajstić information content (AvgIpc) is 2.93. The Hall–Kier alpha value is 0.1000. The van der Waals surface area contributed by atoms with Crippen LogP contribution in [0.5, 0.6) is 0 Å². The molecule has 2 heterocycles. The van der Waals surface area contributed by atoms with Crippen LogP contribution in [0, 0.1) is 5.92 Å². The lowest BCUT2D eigenvalue weighted by atomic mass is 10.0. The Morgan fingerprint density at radius 2 is 2.39 bits per heavy atom. The van der Waals surface area contributed by atoms with Gasteiger partial charge in [-0.1, -0.05) is 13.8 Å². The summed E-state index contributed by atoms with van der Waals surface area (Å²) in [5.74, 6) is 0.792. The van der Waals surface area contributed by atoms with Crippen molar-refractivity contribution in [1.29, 1.82) is 0 Å². The molecule has 0 bridgehead atoms. The fourth-order valence-corrected chi connectivity index (χ4v) is 4.19. The van der Waals surface area contributed by atoms with Gasteiger partial charge in [-0.2, -0.15) is 0 Å². The maximum absolute atomic E-state index is 3.55. The predicted octanol–water partition coefficient (Wildman–Crippen LogP) is 3.72. The second kappa shape index (κ2) is 7.04. The first-order valence-corrected chi connectivity index (χ1v) is 8.52. The Kier molecular flexibility index (Phi) is 5.67. The van der Waals surface area contributed by atoms with E-state index < -0.39 is 0 Å². The monoisotopic (exact) mass is 330 g/mol. The summed E-state index contributed by atoms with van der Waals surface area (Å²) in [7, 11) is 0. The summed E-state index contributed by atoms with van der Waals surface area (Å²) in [5, 5.41) is 5.69. The first kappa shape index (κ1) is 14.5. The van der Waals surface area contributed by atoms with Gasteiger partial charge >= 0.3 is 0 Å². The van der Waals surface area contributed by atoms with E-state index in [0.29, 0.717) is 0 Å². The summed E-state index contributed by atoms with van der Waals surface area (Å²) >= 11 is 5.31. The van der Waals surface area contributed by atoms with Crippen LogP contribution in [0.3, 0.4) is 0 Å². The lowest BCUT2D eigenvalue weighted by Gasteiger charge is -2.27. The van der Waals surface area contributed by atoms with Gasteiger partial charge in [0.15, 0.2) is 0 Å². The normalized spacial score (nSPS) is 21.0. The number of hydrogen-bond donors (Lipinski definition) is 1. The van der Waals surface area contributed by atoms with E-state index in [0.717, 1.165) is 25.0 Å². The van der Waals surface area contributed by atoms with Crippen molar-refractivity contribution in [3.05, 3.63) is 20.8 Å². The molecule has 1 N–H and O–H groups in total. The van der Waals surface area contributed by atoms with E-state index in [2.05, 4.69) is 51.4 Å². The Morgan fingerprint density at radius 3 is 3.06 bits per heavy atom. The fraction of sp³-hybridized carbons (Fsp3) is 0.714. The lowest BCUT2D eigenvalue weighted by molar-refractivity contribution is 0.207. The molecular formula is C14H23BrN2S. The molecule has 1 aliphatic rings. The van der Waals surface area contributed by atoms with Crippen LogP contribution >= 0.6 is 27.3 Å². The minimum absolute atomic E-state index is 0.792. The third-order valence-electron chi connectivity index (χ3n) is 3.68. The van der Waals surface area contributed by atoms with Crippen LogP contribution in [0.15, 0.2) is 15.9 Å². The summed E-state index contributed by atoms with van der Waals surface area (Å²) in [6, 6.07) is 3.01. The molecule has 102 valence electrons. The van der Waals surface area contributed by atoms with E-state index in [9.17, 15) is 0 Å². The highest BCUT2D eigenvalue weighted by molar-refractivity contribution is 9.10. The van der Waals surface area contributed by atoms with Crippen molar-refractivity contribution in [3.8, 4) is 0 Å². The van der Waals surface area contributed by atoms with Crippen LogP contribution in [-0.2, 0) is 6.54 Å². The van der Waals surface area contributed by atoms with E-state index in [1.165, 1.54) is 35.3 Å². The topological polar surface area (TPSA) is 15.3 Å². The number of thiophene rings is 1. The zero-order chi connectivity index (χ0) is 13.0. The molecule has 0 amide bonds. The highest BCUT2D eigenvalue weighted by atomic mass is 79.9. The molecule has 4 heteroatoms. The van der Waals surface area contributed by atoms with Crippen LogP contribution < -0.4 is 5.32 Å². The van der Waals surface area contributed by atoms with E-state index in [1.807, 2.05) is 11.3 Å². The molecule has 1 saturated heterocycles. The number of nitrogens with one attached hydrogen (secondary N) is 1. The maximum Gasteiger partial charge on any atom is 0.0300 e. The van der Waals surface area contributed by atoms with Crippen LogP contribution in [0.25, 0.3) is 0 Å². The zero-order valence-corrected chi connectivity index (χ0v) is 13.7. The van der Waals surface area contributed by atoms with E-state index in [-0.39, 0.29) is 0 Å². The molecule has 0 aromatic carbocycles. The van der Waals surface area contributed by atoms with Crippen LogP contribution in [0.1, 0.15) is 31.6 Å². The third-order valence-corrected chi connectivity index (χ3v) is 5.38. The van der Waals surface area contributed by atoms with Crippen LogP contribution in [0.4, 0.5) is 0 Å². The van der Waals surface area contributed by atoms with Gasteiger partial charge < -0.3 is 5.32 Å². The van der Waals surface area contributed by atoms with Gasteiger partial charge in [0, 0.05) is 40.4 Å². The number of halogens is 1. The van der Waals surface area contributed by atoms with Crippen molar-refractivity contribution in [2.75, 3.05) is 19.6 Å². The Bertz CT molecular complexity index is 364. The van der Waals surface area contributed by atoms with E-state index in [4.69, 9.17) is 0 Å². The number of rotatable bonds is 6. The summed E-state index contributed by atoms with van der Waals surface area (Å²) in [5.41, 5.74) is 0. The molecule has 1 fully saturated rings. The maximum atomic E-state index is 3.55. The molecule has 0 radical (unpaired) electrons. The number of nitrogens with zero attached hydrogens (tertiary/aromatic N) is 1. The standard InChI is InChI=1S/C14H23BrN2S/c1-11(2)14-4-3-6-17(14)7-5-16-9-13-8-12(15)10-18-13/h8,10-11,14,16H,3-7,9H2,1-2H3. The number of likely N-dealkylation sites (tertiary alicyclic amines) is 1. The molecule has 1 unspecified atom stereocenters. The van der Waals surface area contributed by atoms with Crippen molar-refractivity contribution in [1.82, 2.24) is 10.2 Å². The van der Waals surface area contributed by atoms with Crippen molar-refractivity contribution >= 4 is 27.3 Å². The minimum Gasteiger partial charge on any atom is -0.311 e. The summed E-state index contributed by atoms with van der Waals surface area (Å²) < 4.78 is 1.20. The number of hydrogen-bond acceptors (Lipinski definition) is 3. The second-order valence-electron chi connectivity index (χ2n) is 5.40. The van der Waals surface area contributed by atoms with Crippen LogP contribution in [-0.4, -0.2) is 30.6 Å². The Labute approximate surface area is 123 Å². The van der Waals surface area contributed by atoms with Crippen molar-refractivity contribution in [2.24, 2.45) is 5.92 Å². The highest BCUT2D eigenvalue weighted by Gasteiger charge is 2.26. The summed E-state index contributed by atoms with van der Waals surface area (Å²) in [4.78, 5) is 4.06. The quantitative estimate of drug-likeness (QED) is 0.799. The molecule has 0 spiro atoms. The molecule has 1 atom stereocenters. The second-order valence-corrected chi connectivity index (χ2v) is 7.31. The van der Waals surface area contributed by atoms with Gasteiger partial charge in [0.05, 0.1) is 0 Å². The third kappa shape index (κ3) is 4.05. The first-order valence-electron chi connectivity index (χ1n) is 6.84. The van der Waals surface area contributed by atoms with Gasteiger partial charge in [-0.05, 0) is 47.3 Å². The SMILES string of the molecule is CC(C)C1CCCN1CCNCc1cc(Br)cs1. The van der Waals surface area contributed by atoms with E-state index in [1.54, 1.807) is 0 Å².